The molecular formula is C22H24N2O7. The minimum atomic E-state index is -0.717. The lowest BCUT2D eigenvalue weighted by Crippen LogP contribution is -2.20. The number of hydrogen-bond acceptors (Lipinski definition) is 8. The smallest absolute Gasteiger partial charge is 0.419 e. The van der Waals surface area contributed by atoms with Crippen LogP contribution in [0.5, 0.6) is 23.0 Å². The second kappa shape index (κ2) is 8.86. The molecule has 9 nitrogen and oxygen atoms in total. The van der Waals surface area contributed by atoms with Gasteiger partial charge in [0.05, 0.1) is 46.3 Å². The van der Waals surface area contributed by atoms with Gasteiger partial charge in [0.15, 0.2) is 11.5 Å². The standard InChI is InChI=1S/C22H24N2O7/c1-6-31-22(26)24-15-8-7-13(27-2)11-14(15)18(23)19(24)20(25)12-9-16(28-3)21(30-5)17(10-12)29-4/h7-11H,6,23H2,1-5H3. The Kier molecular flexibility index (Phi) is 6.24. The molecule has 1 heterocycles. The number of nitrogens with two attached hydrogens (primary N) is 1. The van der Waals surface area contributed by atoms with Gasteiger partial charge in [0, 0.05) is 10.9 Å². The van der Waals surface area contributed by atoms with Gasteiger partial charge in [-0.05, 0) is 37.3 Å². The van der Waals surface area contributed by atoms with Gasteiger partial charge in [-0.2, -0.15) is 0 Å². The summed E-state index contributed by atoms with van der Waals surface area (Å²) in [4.78, 5) is 26.3. The number of carbonyl (C=O) groups is 2. The van der Waals surface area contributed by atoms with Gasteiger partial charge in [-0.1, -0.05) is 0 Å². The van der Waals surface area contributed by atoms with Crippen molar-refractivity contribution in [1.82, 2.24) is 4.57 Å². The van der Waals surface area contributed by atoms with E-state index in [-0.39, 0.29) is 23.6 Å². The largest absolute Gasteiger partial charge is 0.497 e. The number of aromatic nitrogens is 1. The van der Waals surface area contributed by atoms with E-state index in [0.717, 1.165) is 0 Å². The molecule has 9 heteroatoms. The molecule has 0 saturated carbocycles. The van der Waals surface area contributed by atoms with Crippen LogP contribution in [0.15, 0.2) is 30.3 Å². The molecule has 0 spiro atoms. The van der Waals surface area contributed by atoms with Crippen molar-refractivity contribution >= 4 is 28.5 Å². The molecule has 3 rings (SSSR count). The zero-order valence-electron chi connectivity index (χ0n) is 18.0. The zero-order chi connectivity index (χ0) is 22.7. The normalized spacial score (nSPS) is 10.6. The molecule has 0 aliphatic heterocycles. The number of nitrogens with zero attached hydrogens (tertiary/aromatic N) is 1. The van der Waals surface area contributed by atoms with Crippen LogP contribution >= 0.6 is 0 Å². The van der Waals surface area contributed by atoms with Crippen LogP contribution in [-0.4, -0.2) is 51.5 Å². The van der Waals surface area contributed by atoms with E-state index in [2.05, 4.69) is 0 Å². The van der Waals surface area contributed by atoms with Crippen LogP contribution in [-0.2, 0) is 4.74 Å². The van der Waals surface area contributed by atoms with Crippen LogP contribution in [0, 0.1) is 0 Å². The van der Waals surface area contributed by atoms with Crippen LogP contribution in [0.2, 0.25) is 0 Å². The fourth-order valence-corrected chi connectivity index (χ4v) is 3.37. The molecule has 3 aromatic rings. The Morgan fingerprint density at radius 1 is 0.935 bits per heavy atom. The molecule has 0 unspecified atom stereocenters. The summed E-state index contributed by atoms with van der Waals surface area (Å²) in [5, 5.41) is 0.489. The lowest BCUT2D eigenvalue weighted by atomic mass is 10.1. The number of carbonyl (C=O) groups excluding carboxylic acids is 2. The molecule has 0 atom stereocenters. The van der Waals surface area contributed by atoms with E-state index in [1.165, 1.54) is 45.1 Å². The van der Waals surface area contributed by atoms with E-state index in [0.29, 0.717) is 33.9 Å². The monoisotopic (exact) mass is 428 g/mol. The Balaban J connectivity index is 2.29. The van der Waals surface area contributed by atoms with Gasteiger partial charge >= 0.3 is 6.09 Å². The Bertz CT molecular complexity index is 1130. The molecule has 2 aromatic carbocycles. The Morgan fingerprint density at radius 2 is 1.58 bits per heavy atom. The first kappa shape index (κ1) is 21.8. The molecule has 0 bridgehead atoms. The molecule has 0 amide bonds. The quantitative estimate of drug-likeness (QED) is 0.569. The van der Waals surface area contributed by atoms with Crippen LogP contribution in [0.25, 0.3) is 10.9 Å². The highest BCUT2D eigenvalue weighted by molar-refractivity contribution is 6.19. The van der Waals surface area contributed by atoms with Crippen molar-refractivity contribution in [3.63, 3.8) is 0 Å². The van der Waals surface area contributed by atoms with E-state index in [9.17, 15) is 9.59 Å². The number of methoxy groups -OCH3 is 4. The van der Waals surface area contributed by atoms with E-state index >= 15 is 0 Å². The molecular weight excluding hydrogens is 404 g/mol. The second-order valence-electron chi connectivity index (χ2n) is 6.42. The predicted octanol–water partition coefficient (Wildman–Crippen LogP) is 3.49. The summed E-state index contributed by atoms with van der Waals surface area (Å²) >= 11 is 0. The number of fused-ring (bicyclic) bond motifs is 1. The maximum atomic E-state index is 13.6. The number of anilines is 1. The summed E-state index contributed by atoms with van der Waals surface area (Å²) in [5.74, 6) is 0.950. The number of ketones is 1. The summed E-state index contributed by atoms with van der Waals surface area (Å²) in [6.07, 6.45) is -0.717. The molecule has 31 heavy (non-hydrogen) atoms. The van der Waals surface area contributed by atoms with Gasteiger partial charge in [-0.3, -0.25) is 4.79 Å². The highest BCUT2D eigenvalue weighted by Crippen LogP contribution is 2.40. The van der Waals surface area contributed by atoms with Gasteiger partial charge in [-0.25, -0.2) is 9.36 Å². The van der Waals surface area contributed by atoms with Crippen molar-refractivity contribution in [2.75, 3.05) is 40.8 Å². The third-order valence-electron chi connectivity index (χ3n) is 4.81. The SMILES string of the molecule is CCOC(=O)n1c(C(=O)c2cc(OC)c(OC)c(OC)c2)c(N)c2cc(OC)ccc21. The van der Waals surface area contributed by atoms with Crippen molar-refractivity contribution < 1.29 is 33.3 Å². The molecule has 2 N–H and O–H groups in total. The maximum absolute atomic E-state index is 13.6. The predicted molar refractivity (Wildman–Crippen MR) is 115 cm³/mol. The van der Waals surface area contributed by atoms with Gasteiger partial charge in [-0.15, -0.1) is 0 Å². The van der Waals surface area contributed by atoms with Gasteiger partial charge in [0.1, 0.15) is 11.4 Å². The lowest BCUT2D eigenvalue weighted by molar-refractivity contribution is 0.102. The average molecular weight is 428 g/mol. The minimum absolute atomic E-state index is 0.0315. The molecule has 164 valence electrons. The Hall–Kier alpha value is -3.88. The number of hydrogen-bond donors (Lipinski definition) is 1. The van der Waals surface area contributed by atoms with Crippen molar-refractivity contribution in [2.24, 2.45) is 0 Å². The van der Waals surface area contributed by atoms with Crippen molar-refractivity contribution in [3.8, 4) is 23.0 Å². The summed E-state index contributed by atoms with van der Waals surface area (Å²) in [7, 11) is 5.87. The van der Waals surface area contributed by atoms with Crippen LogP contribution in [0.3, 0.4) is 0 Å². The topological polar surface area (TPSA) is 111 Å². The number of benzene rings is 2. The summed E-state index contributed by atoms with van der Waals surface area (Å²) < 4.78 is 27.6. The molecule has 0 saturated heterocycles. The van der Waals surface area contributed by atoms with Crippen LogP contribution in [0.4, 0.5) is 10.5 Å². The van der Waals surface area contributed by atoms with E-state index in [1.807, 2.05) is 0 Å². The molecule has 1 aromatic heterocycles. The van der Waals surface area contributed by atoms with Gasteiger partial charge in [0.2, 0.25) is 11.5 Å². The van der Waals surface area contributed by atoms with Crippen LogP contribution in [0.1, 0.15) is 23.0 Å². The zero-order valence-corrected chi connectivity index (χ0v) is 18.0. The van der Waals surface area contributed by atoms with E-state index in [1.54, 1.807) is 25.1 Å². The number of rotatable bonds is 7. The van der Waals surface area contributed by atoms with Crippen molar-refractivity contribution in [2.45, 2.75) is 6.92 Å². The first-order valence-corrected chi connectivity index (χ1v) is 9.41. The fraction of sp³-hybridized carbons (Fsp3) is 0.273. The summed E-state index contributed by atoms with van der Waals surface area (Å²) in [6.45, 7) is 1.81. The summed E-state index contributed by atoms with van der Waals surface area (Å²) in [6, 6.07) is 7.97. The second-order valence-corrected chi connectivity index (χ2v) is 6.42. The van der Waals surface area contributed by atoms with Gasteiger partial charge < -0.3 is 29.4 Å². The molecule has 0 radical (unpaired) electrons. The van der Waals surface area contributed by atoms with E-state index in [4.69, 9.17) is 29.4 Å². The van der Waals surface area contributed by atoms with Gasteiger partial charge in [0.25, 0.3) is 0 Å². The number of nitrogen functional groups attached to an aromatic ring is 1. The van der Waals surface area contributed by atoms with Crippen LogP contribution < -0.4 is 24.7 Å². The maximum Gasteiger partial charge on any atom is 0.419 e. The molecule has 0 fully saturated rings. The van der Waals surface area contributed by atoms with Crippen molar-refractivity contribution in [1.29, 1.82) is 0 Å². The Labute approximate surface area is 179 Å². The highest BCUT2D eigenvalue weighted by atomic mass is 16.5. The highest BCUT2D eigenvalue weighted by Gasteiger charge is 2.28. The van der Waals surface area contributed by atoms with E-state index < -0.39 is 11.9 Å². The Morgan fingerprint density at radius 3 is 2.10 bits per heavy atom. The van der Waals surface area contributed by atoms with Crippen molar-refractivity contribution in [3.05, 3.63) is 41.6 Å². The molecule has 0 aliphatic rings. The fourth-order valence-electron chi connectivity index (χ4n) is 3.37. The first-order chi connectivity index (χ1) is 14.9. The first-order valence-electron chi connectivity index (χ1n) is 9.41. The molecule has 0 aliphatic carbocycles. The number of ether oxygens (including phenoxy) is 5. The summed E-state index contributed by atoms with van der Waals surface area (Å²) in [5.41, 5.74) is 7.05. The minimum Gasteiger partial charge on any atom is -0.497 e. The third kappa shape index (κ3) is 3.70. The average Bonchev–Trinajstić information content (AvgIpc) is 3.09. The third-order valence-corrected chi connectivity index (χ3v) is 4.81. The lowest BCUT2D eigenvalue weighted by Gasteiger charge is -2.14.